The molecule has 0 atom stereocenters. The zero-order valence-electron chi connectivity index (χ0n) is 19.7. The van der Waals surface area contributed by atoms with Gasteiger partial charge in [-0.2, -0.15) is 0 Å². The van der Waals surface area contributed by atoms with Gasteiger partial charge in [-0.05, 0) is 52.0 Å². The maximum atomic E-state index is 12.7. The van der Waals surface area contributed by atoms with Gasteiger partial charge in [-0.15, -0.1) is 0 Å². The molecule has 176 valence electrons. The Kier molecular flexibility index (Phi) is 8.34. The van der Waals surface area contributed by atoms with Gasteiger partial charge in [0.15, 0.2) is 0 Å². The molecule has 0 aromatic heterocycles. The van der Waals surface area contributed by atoms with Crippen molar-refractivity contribution in [1.82, 2.24) is 0 Å². The van der Waals surface area contributed by atoms with Crippen LogP contribution in [0.15, 0.2) is 81.1 Å². The number of benzene rings is 2. The molecular weight excluding hydrogens is 432 g/mol. The number of hydrogen-bond acceptors (Lipinski definition) is 8. The van der Waals surface area contributed by atoms with Gasteiger partial charge in [0, 0.05) is 23.8 Å². The van der Waals surface area contributed by atoms with Gasteiger partial charge in [0.2, 0.25) is 0 Å². The molecule has 1 heterocycles. The Morgan fingerprint density at radius 3 is 1.47 bits per heavy atom. The second-order valence-corrected chi connectivity index (χ2v) is 7.32. The third kappa shape index (κ3) is 5.98. The molecule has 0 radical (unpaired) electrons. The highest BCUT2D eigenvalue weighted by Crippen LogP contribution is 2.29. The van der Waals surface area contributed by atoms with Crippen molar-refractivity contribution in [3.8, 4) is 0 Å². The maximum Gasteiger partial charge on any atom is 0.341 e. The number of ether oxygens (including phenoxy) is 2. The SMILES string of the molecule is CCOC(=O)C1=C(C)Nc2ccccc2NC(C)=C(C(=O)OCC)C=Nc2ccccc2N=C1. The number of anilines is 2. The van der Waals surface area contributed by atoms with Crippen LogP contribution < -0.4 is 10.6 Å². The van der Waals surface area contributed by atoms with Crippen LogP contribution in [0.25, 0.3) is 0 Å². The third-order valence-corrected chi connectivity index (χ3v) is 4.92. The lowest BCUT2D eigenvalue weighted by Gasteiger charge is -2.17. The van der Waals surface area contributed by atoms with Gasteiger partial charge in [0.1, 0.15) is 0 Å². The fourth-order valence-corrected chi connectivity index (χ4v) is 3.21. The van der Waals surface area contributed by atoms with E-state index in [1.807, 2.05) is 36.4 Å². The zero-order valence-corrected chi connectivity index (χ0v) is 19.7. The Morgan fingerprint density at radius 2 is 1.09 bits per heavy atom. The molecule has 2 N–H and O–H groups in total. The Morgan fingerprint density at radius 1 is 0.706 bits per heavy atom. The number of esters is 2. The third-order valence-electron chi connectivity index (χ3n) is 4.92. The molecule has 8 heteroatoms. The monoisotopic (exact) mass is 460 g/mol. The van der Waals surface area contributed by atoms with Crippen molar-refractivity contribution < 1.29 is 19.1 Å². The van der Waals surface area contributed by atoms with E-state index in [4.69, 9.17) is 9.47 Å². The lowest BCUT2D eigenvalue weighted by molar-refractivity contribution is -0.138. The molecule has 1 aliphatic heterocycles. The molecule has 0 spiro atoms. The standard InChI is InChI=1S/C26H28N4O4/c1-5-33-25(31)19-15-27-21-11-7-8-12-22(21)28-16-20(26(32)34-6-2)18(4)30-24-14-10-9-13-23(24)29-17(19)3/h7-16,29-30H,5-6H2,1-4H3. The predicted octanol–water partition coefficient (Wildman–Crippen LogP) is 5.30. The van der Waals surface area contributed by atoms with E-state index in [-0.39, 0.29) is 24.4 Å². The number of para-hydroxylation sites is 4. The van der Waals surface area contributed by atoms with Gasteiger partial charge in [0.25, 0.3) is 0 Å². The van der Waals surface area contributed by atoms with Gasteiger partial charge in [0.05, 0.1) is 47.1 Å². The largest absolute Gasteiger partial charge is 0.462 e. The second-order valence-electron chi connectivity index (χ2n) is 7.32. The van der Waals surface area contributed by atoms with Crippen molar-refractivity contribution in [2.75, 3.05) is 23.8 Å². The van der Waals surface area contributed by atoms with Gasteiger partial charge < -0.3 is 20.1 Å². The van der Waals surface area contributed by atoms with Crippen LogP contribution in [0.1, 0.15) is 27.7 Å². The van der Waals surface area contributed by atoms with E-state index >= 15 is 0 Å². The Bertz CT molecular complexity index is 1100. The van der Waals surface area contributed by atoms with E-state index in [1.165, 1.54) is 12.4 Å². The Balaban J connectivity index is 2.22. The van der Waals surface area contributed by atoms with Crippen LogP contribution in [0.4, 0.5) is 22.7 Å². The van der Waals surface area contributed by atoms with Crippen LogP contribution in [0.2, 0.25) is 0 Å². The van der Waals surface area contributed by atoms with Gasteiger partial charge in [-0.1, -0.05) is 24.3 Å². The highest BCUT2D eigenvalue weighted by molar-refractivity contribution is 6.12. The minimum Gasteiger partial charge on any atom is -0.462 e. The summed E-state index contributed by atoms with van der Waals surface area (Å²) in [5.41, 5.74) is 4.14. The molecule has 2 aromatic rings. The fourth-order valence-electron chi connectivity index (χ4n) is 3.21. The first-order valence-corrected chi connectivity index (χ1v) is 11.0. The molecule has 0 unspecified atom stereocenters. The first kappa shape index (κ1) is 24.4. The van der Waals surface area contributed by atoms with E-state index in [1.54, 1.807) is 39.8 Å². The number of aliphatic imine (C=N–C) groups is 2. The number of rotatable bonds is 4. The van der Waals surface area contributed by atoms with Crippen LogP contribution in [-0.2, 0) is 19.1 Å². The van der Waals surface area contributed by atoms with Crippen LogP contribution >= 0.6 is 0 Å². The van der Waals surface area contributed by atoms with Crippen LogP contribution in [0.3, 0.4) is 0 Å². The molecular formula is C26H28N4O4. The van der Waals surface area contributed by atoms with E-state index in [0.29, 0.717) is 34.1 Å². The summed E-state index contributed by atoms with van der Waals surface area (Å²) in [7, 11) is 0. The minimum absolute atomic E-state index is 0.239. The molecule has 0 fully saturated rings. The Hall–Kier alpha value is -4.20. The number of hydrogen-bond donors (Lipinski definition) is 2. The van der Waals surface area contributed by atoms with Crippen molar-refractivity contribution in [3.63, 3.8) is 0 Å². The first-order valence-electron chi connectivity index (χ1n) is 11.0. The van der Waals surface area contributed by atoms with E-state index in [9.17, 15) is 9.59 Å². The summed E-state index contributed by atoms with van der Waals surface area (Å²) in [5.74, 6) is -0.981. The minimum atomic E-state index is -0.490. The quantitative estimate of drug-likeness (QED) is 0.600. The summed E-state index contributed by atoms with van der Waals surface area (Å²) < 4.78 is 10.5. The number of nitrogens with one attached hydrogen (secondary N) is 2. The number of carbonyl (C=O) groups excluding carboxylic acids is 2. The van der Waals surface area contributed by atoms with Gasteiger partial charge in [-0.3, -0.25) is 9.98 Å². The summed E-state index contributed by atoms with van der Waals surface area (Å²) in [6.45, 7) is 7.53. The van der Waals surface area contributed by atoms with Crippen LogP contribution in [-0.4, -0.2) is 37.6 Å². The lowest BCUT2D eigenvalue weighted by atomic mass is 10.1. The van der Waals surface area contributed by atoms with Crippen molar-refractivity contribution >= 4 is 47.1 Å². The summed E-state index contributed by atoms with van der Waals surface area (Å²) in [4.78, 5) is 34.4. The van der Waals surface area contributed by atoms with Crippen molar-refractivity contribution in [1.29, 1.82) is 0 Å². The van der Waals surface area contributed by atoms with E-state index in [2.05, 4.69) is 20.6 Å². The van der Waals surface area contributed by atoms with E-state index < -0.39 is 11.9 Å². The first-order chi connectivity index (χ1) is 16.4. The van der Waals surface area contributed by atoms with Crippen LogP contribution in [0, 0.1) is 0 Å². The topological polar surface area (TPSA) is 101 Å². The highest BCUT2D eigenvalue weighted by atomic mass is 16.5. The zero-order chi connectivity index (χ0) is 24.5. The number of fused-ring (bicyclic) bond motifs is 2. The molecule has 0 amide bonds. The number of carbonyl (C=O) groups is 2. The summed E-state index contributed by atoms with van der Waals surface area (Å²) in [6, 6.07) is 14.6. The van der Waals surface area contributed by atoms with Crippen molar-refractivity contribution in [2.24, 2.45) is 9.98 Å². The van der Waals surface area contributed by atoms with Crippen molar-refractivity contribution in [2.45, 2.75) is 27.7 Å². The number of nitrogens with zero attached hydrogens (tertiary/aromatic N) is 2. The average Bonchev–Trinajstić information content (AvgIpc) is 2.81. The molecule has 1 aliphatic rings. The lowest BCUT2D eigenvalue weighted by Crippen LogP contribution is -2.16. The van der Waals surface area contributed by atoms with Crippen LogP contribution in [0.5, 0.6) is 0 Å². The molecule has 8 nitrogen and oxygen atoms in total. The molecule has 0 saturated heterocycles. The summed E-state index contributed by atoms with van der Waals surface area (Å²) in [6.07, 6.45) is 2.92. The molecule has 0 bridgehead atoms. The summed E-state index contributed by atoms with van der Waals surface area (Å²) in [5, 5.41) is 6.54. The molecule has 0 aliphatic carbocycles. The van der Waals surface area contributed by atoms with E-state index in [0.717, 1.165) is 0 Å². The van der Waals surface area contributed by atoms with Gasteiger partial charge in [-0.25, -0.2) is 9.59 Å². The average molecular weight is 461 g/mol. The molecule has 0 saturated carbocycles. The van der Waals surface area contributed by atoms with Crippen molar-refractivity contribution in [3.05, 3.63) is 71.1 Å². The van der Waals surface area contributed by atoms with Gasteiger partial charge >= 0.3 is 11.9 Å². The predicted molar refractivity (Wildman–Crippen MR) is 135 cm³/mol. The molecule has 3 rings (SSSR count). The summed E-state index contributed by atoms with van der Waals surface area (Å²) >= 11 is 0. The number of allylic oxidation sites excluding steroid dienone is 2. The Labute approximate surface area is 199 Å². The molecule has 2 aromatic carbocycles. The highest BCUT2D eigenvalue weighted by Gasteiger charge is 2.17. The fraction of sp³-hybridized carbons (Fsp3) is 0.231. The second kappa shape index (κ2) is 11.6. The normalized spacial score (nSPS) is 13.8. The molecule has 34 heavy (non-hydrogen) atoms. The maximum absolute atomic E-state index is 12.7. The smallest absolute Gasteiger partial charge is 0.341 e.